The Labute approximate surface area is 115 Å². The largest absolute Gasteiger partial charge is 0.390 e. The summed E-state index contributed by atoms with van der Waals surface area (Å²) in [6.07, 6.45) is -7.44. The van der Waals surface area contributed by atoms with Crippen LogP contribution in [0.2, 0.25) is 0 Å². The molecule has 1 heterocycles. The van der Waals surface area contributed by atoms with Gasteiger partial charge in [-0.1, -0.05) is 0 Å². The SMILES string of the molecule is OC1C(O)[C@@H](O)C(F)(F)C(CC2CCCOP2O)[C@H]1O. The highest BCUT2D eigenvalue weighted by atomic mass is 31.2. The summed E-state index contributed by atoms with van der Waals surface area (Å²) in [6.45, 7) is 0.367. The molecular weight excluding hydrogens is 297 g/mol. The van der Waals surface area contributed by atoms with E-state index in [2.05, 4.69) is 0 Å². The van der Waals surface area contributed by atoms with Crippen LogP contribution >= 0.6 is 8.38 Å². The first kappa shape index (κ1) is 16.4. The normalized spacial score (nSPS) is 49.0. The average Bonchev–Trinajstić information content (AvgIpc) is 2.41. The molecule has 20 heavy (non-hydrogen) atoms. The topological polar surface area (TPSA) is 110 Å². The Hall–Kier alpha value is 0.0500. The molecule has 2 fully saturated rings. The lowest BCUT2D eigenvalue weighted by Crippen LogP contribution is -2.64. The summed E-state index contributed by atoms with van der Waals surface area (Å²) < 4.78 is 33.1. The highest BCUT2D eigenvalue weighted by molar-refractivity contribution is 7.47. The maximum atomic E-state index is 14.0. The van der Waals surface area contributed by atoms with E-state index in [4.69, 9.17) is 4.52 Å². The van der Waals surface area contributed by atoms with Crippen molar-refractivity contribution < 1.29 is 38.6 Å². The van der Waals surface area contributed by atoms with Crippen LogP contribution in [0.15, 0.2) is 0 Å². The summed E-state index contributed by atoms with van der Waals surface area (Å²) in [5.41, 5.74) is -0.543. The number of halogens is 2. The van der Waals surface area contributed by atoms with Gasteiger partial charge in [-0.15, -0.1) is 0 Å². The molecule has 0 aromatic heterocycles. The number of rotatable bonds is 2. The molecule has 1 saturated heterocycles. The van der Waals surface area contributed by atoms with Gasteiger partial charge < -0.3 is 29.8 Å². The Bertz CT molecular complexity index is 347. The van der Waals surface area contributed by atoms with E-state index in [1.54, 1.807) is 0 Å². The molecule has 0 aromatic carbocycles. The van der Waals surface area contributed by atoms with Crippen LogP contribution in [-0.4, -0.2) is 67.9 Å². The zero-order valence-corrected chi connectivity index (χ0v) is 11.5. The van der Waals surface area contributed by atoms with Gasteiger partial charge in [0.1, 0.15) is 18.3 Å². The molecule has 1 saturated carbocycles. The van der Waals surface area contributed by atoms with Crippen molar-refractivity contribution in [2.45, 2.75) is 55.3 Å². The molecular formula is C11H19F2O6P. The van der Waals surface area contributed by atoms with Crippen LogP contribution in [0.3, 0.4) is 0 Å². The van der Waals surface area contributed by atoms with Crippen molar-refractivity contribution in [1.29, 1.82) is 0 Å². The molecule has 1 aliphatic heterocycles. The van der Waals surface area contributed by atoms with Crippen molar-refractivity contribution in [2.75, 3.05) is 6.61 Å². The van der Waals surface area contributed by atoms with Gasteiger partial charge in [-0.2, -0.15) is 0 Å². The highest BCUT2D eigenvalue weighted by Gasteiger charge is 2.60. The minimum absolute atomic E-state index is 0.281. The van der Waals surface area contributed by atoms with Crippen molar-refractivity contribution in [3.63, 3.8) is 0 Å². The van der Waals surface area contributed by atoms with Crippen molar-refractivity contribution >= 4 is 8.38 Å². The lowest BCUT2D eigenvalue weighted by Gasteiger charge is -2.45. The fraction of sp³-hybridized carbons (Fsp3) is 1.00. The molecule has 1 aliphatic carbocycles. The van der Waals surface area contributed by atoms with E-state index in [0.717, 1.165) is 0 Å². The number of hydrogen-bond donors (Lipinski definition) is 5. The number of alkyl halides is 2. The quantitative estimate of drug-likeness (QED) is 0.442. The molecule has 5 unspecified atom stereocenters. The summed E-state index contributed by atoms with van der Waals surface area (Å²) >= 11 is 0. The van der Waals surface area contributed by atoms with E-state index in [1.807, 2.05) is 0 Å². The lowest BCUT2D eigenvalue weighted by molar-refractivity contribution is -0.269. The maximum absolute atomic E-state index is 14.0. The van der Waals surface area contributed by atoms with Gasteiger partial charge in [-0.3, -0.25) is 0 Å². The van der Waals surface area contributed by atoms with E-state index in [9.17, 15) is 34.1 Å². The van der Waals surface area contributed by atoms with Gasteiger partial charge in [0.05, 0.1) is 18.6 Å². The average molecular weight is 316 g/mol. The summed E-state index contributed by atoms with van der Waals surface area (Å²) in [5, 5.41) is 38.0. The first-order valence-electron chi connectivity index (χ1n) is 6.48. The van der Waals surface area contributed by atoms with Crippen molar-refractivity contribution in [3.8, 4) is 0 Å². The summed E-state index contributed by atoms with van der Waals surface area (Å²) in [6, 6.07) is 0. The fourth-order valence-corrected chi connectivity index (χ4v) is 4.13. The van der Waals surface area contributed by atoms with E-state index >= 15 is 0 Å². The second-order valence-electron chi connectivity index (χ2n) is 5.37. The predicted molar refractivity (Wildman–Crippen MR) is 65.2 cm³/mol. The van der Waals surface area contributed by atoms with Gasteiger partial charge in [-0.05, 0) is 19.3 Å². The Kier molecular flexibility index (Phi) is 4.96. The zero-order chi connectivity index (χ0) is 15.1. The van der Waals surface area contributed by atoms with Gasteiger partial charge in [-0.25, -0.2) is 8.78 Å². The van der Waals surface area contributed by atoms with Crippen LogP contribution in [-0.2, 0) is 4.52 Å². The third kappa shape index (κ3) is 2.83. The molecule has 7 atom stereocenters. The minimum Gasteiger partial charge on any atom is -0.390 e. The van der Waals surface area contributed by atoms with Gasteiger partial charge >= 0.3 is 0 Å². The van der Waals surface area contributed by atoms with E-state index in [1.165, 1.54) is 0 Å². The molecule has 6 nitrogen and oxygen atoms in total. The third-order valence-electron chi connectivity index (χ3n) is 4.07. The number of hydrogen-bond acceptors (Lipinski definition) is 6. The second kappa shape index (κ2) is 6.04. The lowest BCUT2D eigenvalue weighted by atomic mass is 9.75. The van der Waals surface area contributed by atoms with E-state index in [-0.39, 0.29) is 6.42 Å². The van der Waals surface area contributed by atoms with Gasteiger partial charge in [0, 0.05) is 5.66 Å². The molecule has 0 spiro atoms. The highest BCUT2D eigenvalue weighted by Crippen LogP contribution is 2.50. The molecule has 118 valence electrons. The Morgan fingerprint density at radius 1 is 1.10 bits per heavy atom. The Morgan fingerprint density at radius 3 is 2.35 bits per heavy atom. The monoisotopic (exact) mass is 316 g/mol. The summed E-state index contributed by atoms with van der Waals surface area (Å²) in [4.78, 5) is 9.68. The smallest absolute Gasteiger partial charge is 0.281 e. The molecule has 2 aliphatic rings. The molecule has 9 heteroatoms. The van der Waals surface area contributed by atoms with Crippen LogP contribution in [0.1, 0.15) is 19.3 Å². The fourth-order valence-electron chi connectivity index (χ4n) is 2.79. The molecule has 2 rings (SSSR count). The van der Waals surface area contributed by atoms with Gasteiger partial charge in [0.25, 0.3) is 5.92 Å². The van der Waals surface area contributed by atoms with Crippen molar-refractivity contribution in [3.05, 3.63) is 0 Å². The summed E-state index contributed by atoms with van der Waals surface area (Å²) in [5.74, 6) is -5.48. The van der Waals surface area contributed by atoms with E-state index < -0.39 is 50.3 Å². The first-order valence-corrected chi connectivity index (χ1v) is 7.76. The number of aliphatic hydroxyl groups is 4. The zero-order valence-electron chi connectivity index (χ0n) is 10.6. The second-order valence-corrected chi connectivity index (χ2v) is 6.96. The van der Waals surface area contributed by atoms with Crippen LogP contribution in [0.5, 0.6) is 0 Å². The predicted octanol–water partition coefficient (Wildman–Crippen LogP) is -0.432. The maximum Gasteiger partial charge on any atom is 0.281 e. The molecule has 0 radical (unpaired) electrons. The Balaban J connectivity index is 2.15. The number of aliphatic hydroxyl groups excluding tert-OH is 4. The molecule has 5 N–H and O–H groups in total. The third-order valence-corrected chi connectivity index (χ3v) is 5.61. The van der Waals surface area contributed by atoms with Gasteiger partial charge in [0.15, 0.2) is 8.38 Å². The van der Waals surface area contributed by atoms with Crippen molar-refractivity contribution in [2.24, 2.45) is 5.92 Å². The van der Waals surface area contributed by atoms with Crippen LogP contribution < -0.4 is 0 Å². The molecule has 0 bridgehead atoms. The van der Waals surface area contributed by atoms with Crippen molar-refractivity contribution in [1.82, 2.24) is 0 Å². The first-order chi connectivity index (χ1) is 9.26. The Morgan fingerprint density at radius 2 is 1.75 bits per heavy atom. The minimum atomic E-state index is -3.74. The van der Waals surface area contributed by atoms with Crippen LogP contribution in [0.4, 0.5) is 8.78 Å². The van der Waals surface area contributed by atoms with Gasteiger partial charge in [0.2, 0.25) is 0 Å². The standard InChI is InChI=1S/C11H19F2O6P/c12-11(13)6(4-5-2-1-3-19-20(5)18)7(14)8(15)9(16)10(11)17/h5-10,14-18H,1-4H2/t5?,6?,7-,8?,9?,10-,20?/m1/s1. The van der Waals surface area contributed by atoms with E-state index in [0.29, 0.717) is 19.4 Å². The molecule has 0 amide bonds. The molecule has 0 aromatic rings. The van der Waals surface area contributed by atoms with Crippen LogP contribution in [0.25, 0.3) is 0 Å². The van der Waals surface area contributed by atoms with Crippen LogP contribution in [0, 0.1) is 5.92 Å². The summed E-state index contributed by atoms with van der Waals surface area (Å²) in [7, 11) is -1.85.